The van der Waals surface area contributed by atoms with Crippen LogP contribution in [-0.4, -0.2) is 24.3 Å². The monoisotopic (exact) mass is 338 g/mol. The lowest BCUT2D eigenvalue weighted by atomic mass is 10.1. The maximum Gasteiger partial charge on any atom is 0.191 e. The summed E-state index contributed by atoms with van der Waals surface area (Å²) >= 11 is 8.80. The Bertz CT molecular complexity index is 524. The van der Waals surface area contributed by atoms with E-state index in [2.05, 4.69) is 15.9 Å². The molecule has 6 heteroatoms. The van der Waals surface area contributed by atoms with Gasteiger partial charge >= 0.3 is 0 Å². The molecule has 0 saturated carbocycles. The fourth-order valence-corrected chi connectivity index (χ4v) is 4.19. The highest BCUT2D eigenvalue weighted by Gasteiger charge is 2.43. The Kier molecular flexibility index (Phi) is 4.38. The van der Waals surface area contributed by atoms with Crippen molar-refractivity contribution in [3.8, 4) is 0 Å². The van der Waals surface area contributed by atoms with Crippen molar-refractivity contribution in [2.24, 2.45) is 0 Å². The third-order valence-corrected chi connectivity index (χ3v) is 6.97. The highest BCUT2D eigenvalue weighted by molar-refractivity contribution is 9.09. The number of hydrogen-bond donors (Lipinski definition) is 0. The summed E-state index contributed by atoms with van der Waals surface area (Å²) in [5.41, 5.74) is 0. The number of hydrogen-bond acceptors (Lipinski definition) is 3. The van der Waals surface area contributed by atoms with Crippen molar-refractivity contribution < 1.29 is 13.2 Å². The molecule has 0 aliphatic rings. The van der Waals surface area contributed by atoms with Gasteiger partial charge in [-0.25, -0.2) is 8.42 Å². The van der Waals surface area contributed by atoms with Gasteiger partial charge in [0.15, 0.2) is 15.6 Å². The minimum atomic E-state index is -3.72. The van der Waals surface area contributed by atoms with E-state index < -0.39 is 20.4 Å². The maximum atomic E-state index is 12.3. The highest BCUT2D eigenvalue weighted by Crippen LogP contribution is 2.29. The van der Waals surface area contributed by atoms with Gasteiger partial charge in [-0.15, -0.1) is 0 Å². The molecule has 17 heavy (non-hydrogen) atoms. The van der Waals surface area contributed by atoms with Crippen LogP contribution in [0.15, 0.2) is 29.2 Å². The quantitative estimate of drug-likeness (QED) is 0.793. The largest absolute Gasteiger partial charge is 0.298 e. The van der Waals surface area contributed by atoms with Crippen molar-refractivity contribution in [2.45, 2.75) is 23.5 Å². The van der Waals surface area contributed by atoms with Crippen molar-refractivity contribution in [3.05, 3.63) is 29.3 Å². The van der Waals surface area contributed by atoms with Crippen LogP contribution in [0.4, 0.5) is 0 Å². The van der Waals surface area contributed by atoms with Crippen LogP contribution in [0.1, 0.15) is 13.8 Å². The van der Waals surface area contributed by atoms with Gasteiger partial charge < -0.3 is 0 Å². The molecule has 0 fully saturated rings. The van der Waals surface area contributed by atoms with Crippen LogP contribution in [0.5, 0.6) is 0 Å². The minimum absolute atomic E-state index is 0.0558. The van der Waals surface area contributed by atoms with Crippen LogP contribution in [-0.2, 0) is 14.6 Å². The number of benzene rings is 1. The van der Waals surface area contributed by atoms with E-state index in [9.17, 15) is 13.2 Å². The second-order valence-corrected chi connectivity index (χ2v) is 7.25. The van der Waals surface area contributed by atoms with Crippen molar-refractivity contribution in [3.63, 3.8) is 0 Å². The van der Waals surface area contributed by atoms with Crippen LogP contribution in [0, 0.1) is 0 Å². The van der Waals surface area contributed by atoms with E-state index in [0.29, 0.717) is 5.02 Å². The molecule has 0 radical (unpaired) electrons. The van der Waals surface area contributed by atoms with Gasteiger partial charge in [0.1, 0.15) is 4.75 Å². The molecular weight excluding hydrogens is 328 g/mol. The number of carbonyl (C=O) groups is 1. The molecule has 0 bridgehead atoms. The first-order chi connectivity index (χ1) is 7.75. The lowest BCUT2D eigenvalue weighted by Crippen LogP contribution is -2.44. The Hall–Kier alpha value is -0.390. The van der Waals surface area contributed by atoms with E-state index in [1.165, 1.54) is 38.1 Å². The Morgan fingerprint density at radius 1 is 1.35 bits per heavy atom. The molecule has 0 aliphatic heterocycles. The summed E-state index contributed by atoms with van der Waals surface area (Å²) in [6.07, 6.45) is 0. The predicted molar refractivity (Wildman–Crippen MR) is 71.5 cm³/mol. The minimum Gasteiger partial charge on any atom is -0.298 e. The number of rotatable bonds is 4. The standard InChI is InChI=1S/C11H12BrClO3S/c1-8(14)11(2,7-12)17(15,16)10-5-3-9(13)4-6-10/h3-6H,7H2,1-2H3. The van der Waals surface area contributed by atoms with Gasteiger partial charge in [-0.2, -0.15) is 0 Å². The highest BCUT2D eigenvalue weighted by atomic mass is 79.9. The number of Topliss-reactive ketones (excluding diaryl/α,β-unsaturated/α-hetero) is 1. The molecule has 1 unspecified atom stereocenters. The van der Waals surface area contributed by atoms with E-state index in [4.69, 9.17) is 11.6 Å². The normalized spacial score (nSPS) is 15.3. The first kappa shape index (κ1) is 14.7. The zero-order valence-electron chi connectivity index (χ0n) is 9.41. The predicted octanol–water partition coefficient (Wildman–Crippen LogP) is 2.86. The first-order valence-corrected chi connectivity index (χ1v) is 7.81. The van der Waals surface area contributed by atoms with E-state index in [-0.39, 0.29) is 10.2 Å². The van der Waals surface area contributed by atoms with Crippen molar-refractivity contribution in [1.82, 2.24) is 0 Å². The zero-order valence-corrected chi connectivity index (χ0v) is 12.6. The van der Waals surface area contributed by atoms with Crippen LogP contribution in [0.25, 0.3) is 0 Å². The van der Waals surface area contributed by atoms with Crippen LogP contribution < -0.4 is 0 Å². The first-order valence-electron chi connectivity index (χ1n) is 4.83. The van der Waals surface area contributed by atoms with E-state index in [0.717, 1.165) is 0 Å². The van der Waals surface area contributed by atoms with Gasteiger partial charge in [-0.1, -0.05) is 27.5 Å². The summed E-state index contributed by atoms with van der Waals surface area (Å²) < 4.78 is 23.2. The van der Waals surface area contributed by atoms with Crippen LogP contribution >= 0.6 is 27.5 Å². The molecule has 1 aromatic rings. The molecule has 0 amide bonds. The van der Waals surface area contributed by atoms with Crippen LogP contribution in [0.2, 0.25) is 5.02 Å². The molecule has 3 nitrogen and oxygen atoms in total. The number of alkyl halides is 1. The average Bonchev–Trinajstić information content (AvgIpc) is 2.28. The van der Waals surface area contributed by atoms with Gasteiger partial charge in [0.25, 0.3) is 0 Å². The molecule has 0 spiro atoms. The summed E-state index contributed by atoms with van der Waals surface area (Å²) in [5, 5.41) is 0.507. The van der Waals surface area contributed by atoms with E-state index >= 15 is 0 Å². The van der Waals surface area contributed by atoms with Crippen molar-refractivity contribution in [1.29, 1.82) is 0 Å². The number of sulfone groups is 1. The molecule has 0 saturated heterocycles. The molecule has 1 aromatic carbocycles. The molecular formula is C11H12BrClO3S. The summed E-state index contributed by atoms with van der Waals surface area (Å²) in [6.45, 7) is 2.68. The van der Waals surface area contributed by atoms with Gasteiger partial charge in [0, 0.05) is 10.4 Å². The molecule has 0 aromatic heterocycles. The summed E-state index contributed by atoms with van der Waals surface area (Å²) in [5.74, 6) is -0.399. The lowest BCUT2D eigenvalue weighted by Gasteiger charge is -2.24. The zero-order chi connectivity index (χ0) is 13.3. The molecule has 0 N–H and O–H groups in total. The lowest BCUT2D eigenvalue weighted by molar-refractivity contribution is -0.118. The fourth-order valence-electron chi connectivity index (χ4n) is 1.23. The van der Waals surface area contributed by atoms with E-state index in [1.807, 2.05) is 0 Å². The van der Waals surface area contributed by atoms with Crippen molar-refractivity contribution in [2.75, 3.05) is 5.33 Å². The van der Waals surface area contributed by atoms with Crippen LogP contribution in [0.3, 0.4) is 0 Å². The molecule has 94 valence electrons. The molecule has 1 atom stereocenters. The maximum absolute atomic E-state index is 12.3. The Morgan fingerprint density at radius 2 is 1.82 bits per heavy atom. The fraction of sp³-hybridized carbons (Fsp3) is 0.364. The summed E-state index contributed by atoms with van der Waals surface area (Å²) in [7, 11) is -3.72. The Labute approximate surface area is 114 Å². The molecule has 0 aliphatic carbocycles. The van der Waals surface area contributed by atoms with Crippen molar-refractivity contribution >= 4 is 43.2 Å². The van der Waals surface area contributed by atoms with E-state index in [1.54, 1.807) is 0 Å². The summed E-state index contributed by atoms with van der Waals surface area (Å²) in [6, 6.07) is 5.79. The molecule has 1 rings (SSSR count). The Morgan fingerprint density at radius 3 is 2.18 bits per heavy atom. The number of ketones is 1. The SMILES string of the molecule is CC(=O)C(C)(CBr)S(=O)(=O)c1ccc(Cl)cc1. The van der Waals surface area contributed by atoms with Gasteiger partial charge in [-0.05, 0) is 38.1 Å². The molecule has 0 heterocycles. The average molecular weight is 340 g/mol. The second-order valence-electron chi connectivity index (χ2n) is 3.88. The smallest absolute Gasteiger partial charge is 0.191 e. The van der Waals surface area contributed by atoms with Gasteiger partial charge in [0.05, 0.1) is 4.90 Å². The number of halogens is 2. The van der Waals surface area contributed by atoms with Gasteiger partial charge in [-0.3, -0.25) is 4.79 Å². The topological polar surface area (TPSA) is 51.2 Å². The second kappa shape index (κ2) is 5.08. The summed E-state index contributed by atoms with van der Waals surface area (Å²) in [4.78, 5) is 11.6. The Balaban J connectivity index is 3.37. The third-order valence-electron chi connectivity index (χ3n) is 2.72. The third kappa shape index (κ3) is 2.56. The number of carbonyl (C=O) groups excluding carboxylic acids is 1. The van der Waals surface area contributed by atoms with Gasteiger partial charge in [0.2, 0.25) is 0 Å².